The second-order valence-corrected chi connectivity index (χ2v) is 2.62. The number of hydrogen-bond donors (Lipinski definition) is 1. The van der Waals surface area contributed by atoms with Crippen LogP contribution in [0, 0.1) is 0 Å². The van der Waals surface area contributed by atoms with Crippen LogP contribution >= 0.6 is 11.6 Å². The van der Waals surface area contributed by atoms with E-state index in [1.165, 1.54) is 6.20 Å². The largest absolute Gasteiger partial charge is 0.480 e. The molecule has 72 valence electrons. The lowest BCUT2D eigenvalue weighted by Gasteiger charge is -2.07. The summed E-state index contributed by atoms with van der Waals surface area (Å²) in [5, 5.41) is 8.67. The summed E-state index contributed by atoms with van der Waals surface area (Å²) in [6.07, 6.45) is 4.89. The molecule has 0 atom stereocenters. The van der Waals surface area contributed by atoms with Gasteiger partial charge in [-0.2, -0.15) is 0 Å². The second-order valence-electron chi connectivity index (χ2n) is 2.19. The Kier molecular flexibility index (Phi) is 5.63. The number of carboxylic acids is 1. The first kappa shape index (κ1) is 11.7. The van der Waals surface area contributed by atoms with Crippen LogP contribution in [0.2, 0.25) is 0 Å². The molecule has 13 heavy (non-hydrogen) atoms. The number of aliphatic carboxylic acids is 1. The first-order valence-electron chi connectivity index (χ1n) is 3.53. The van der Waals surface area contributed by atoms with Crippen LogP contribution in [0.15, 0.2) is 23.4 Å². The van der Waals surface area contributed by atoms with E-state index in [1.54, 1.807) is 19.1 Å². The molecule has 0 radical (unpaired) electrons. The van der Waals surface area contributed by atoms with Crippen molar-refractivity contribution in [1.29, 1.82) is 0 Å². The lowest BCUT2D eigenvalue weighted by Crippen LogP contribution is -2.23. The van der Waals surface area contributed by atoms with E-state index >= 15 is 0 Å². The quantitative estimate of drug-likeness (QED) is 0.539. The molecule has 0 aromatic rings. The molecule has 1 N–H and O–H groups in total. The molecular weight excluding hydrogens is 194 g/mol. The fourth-order valence-corrected chi connectivity index (χ4v) is 0.882. The van der Waals surface area contributed by atoms with Crippen LogP contribution in [0.1, 0.15) is 6.92 Å². The molecule has 0 spiro atoms. The van der Waals surface area contributed by atoms with Crippen LogP contribution in [0.25, 0.3) is 0 Å². The van der Waals surface area contributed by atoms with Crippen LogP contribution < -0.4 is 0 Å². The average Bonchev–Trinajstić information content (AvgIpc) is 2.02. The van der Waals surface area contributed by atoms with E-state index < -0.39 is 12.5 Å². The number of allylic oxidation sites excluding steroid dienone is 3. The Labute approximate surface area is 81.1 Å². The summed E-state index contributed by atoms with van der Waals surface area (Å²) in [6.45, 7) is 1.37. The molecule has 0 saturated carbocycles. The first-order valence-corrected chi connectivity index (χ1v) is 3.90. The van der Waals surface area contributed by atoms with Crippen molar-refractivity contribution >= 4 is 24.0 Å². The monoisotopic (exact) mass is 203 g/mol. The van der Waals surface area contributed by atoms with Crippen LogP contribution in [-0.2, 0) is 9.59 Å². The summed E-state index contributed by atoms with van der Waals surface area (Å²) in [4.78, 5) is 21.5. The van der Waals surface area contributed by atoms with Gasteiger partial charge in [0.15, 0.2) is 0 Å². The fourth-order valence-electron chi connectivity index (χ4n) is 0.630. The van der Waals surface area contributed by atoms with E-state index in [9.17, 15) is 9.59 Å². The van der Waals surface area contributed by atoms with Crippen molar-refractivity contribution in [3.8, 4) is 0 Å². The predicted molar refractivity (Wildman–Crippen MR) is 49.2 cm³/mol. The van der Waals surface area contributed by atoms with Gasteiger partial charge in [-0.3, -0.25) is 9.59 Å². The fraction of sp³-hybridized carbons (Fsp3) is 0.250. The average molecular weight is 204 g/mol. The normalized spacial score (nSPS) is 11.7. The van der Waals surface area contributed by atoms with Gasteiger partial charge in [-0.1, -0.05) is 17.7 Å². The molecule has 5 heteroatoms. The van der Waals surface area contributed by atoms with E-state index in [1.807, 2.05) is 0 Å². The van der Waals surface area contributed by atoms with Gasteiger partial charge in [0.05, 0.1) is 5.03 Å². The number of carboxylic acid groups (broad SMARTS) is 1. The number of rotatable bonds is 5. The lowest BCUT2D eigenvalue weighted by atomic mass is 10.5. The minimum absolute atomic E-state index is 0.302. The minimum Gasteiger partial charge on any atom is -0.480 e. The zero-order valence-corrected chi connectivity index (χ0v) is 7.86. The molecular formula is C8H10ClNO3. The van der Waals surface area contributed by atoms with E-state index in [-0.39, 0.29) is 0 Å². The molecule has 0 aliphatic heterocycles. The van der Waals surface area contributed by atoms with Crippen molar-refractivity contribution in [1.82, 2.24) is 4.90 Å². The zero-order valence-electron chi connectivity index (χ0n) is 7.11. The van der Waals surface area contributed by atoms with Gasteiger partial charge in [0.1, 0.15) is 6.54 Å². The smallest absolute Gasteiger partial charge is 0.323 e. The highest BCUT2D eigenvalue weighted by atomic mass is 35.5. The van der Waals surface area contributed by atoms with E-state index in [0.717, 1.165) is 4.90 Å². The maximum absolute atomic E-state index is 10.3. The van der Waals surface area contributed by atoms with Gasteiger partial charge in [0.25, 0.3) is 0 Å². The van der Waals surface area contributed by atoms with Crippen molar-refractivity contribution in [3.63, 3.8) is 0 Å². The highest BCUT2D eigenvalue weighted by molar-refractivity contribution is 6.31. The third-order valence-electron chi connectivity index (χ3n) is 1.07. The van der Waals surface area contributed by atoms with Crippen molar-refractivity contribution in [2.24, 2.45) is 0 Å². The number of carbonyl (C=O) groups is 2. The topological polar surface area (TPSA) is 57.6 Å². The standard InChI is InChI=1S/C8H10ClNO3/c1-2-3-7(9)4-10(6-11)5-8(12)13/h2-4,6H,5H2,1H3,(H,12,13)/b3-2-,7-4+. The highest BCUT2D eigenvalue weighted by Gasteiger charge is 2.03. The van der Waals surface area contributed by atoms with E-state index in [0.29, 0.717) is 11.4 Å². The van der Waals surface area contributed by atoms with Gasteiger partial charge >= 0.3 is 5.97 Å². The maximum atomic E-state index is 10.3. The maximum Gasteiger partial charge on any atom is 0.323 e. The third-order valence-corrected chi connectivity index (χ3v) is 1.29. The van der Waals surface area contributed by atoms with Crippen molar-refractivity contribution in [3.05, 3.63) is 23.4 Å². The Morgan fingerprint density at radius 2 is 2.23 bits per heavy atom. The summed E-state index contributed by atoms with van der Waals surface area (Å²) >= 11 is 5.62. The van der Waals surface area contributed by atoms with Crippen LogP contribution in [0.5, 0.6) is 0 Å². The Morgan fingerprint density at radius 3 is 2.62 bits per heavy atom. The molecule has 0 aromatic carbocycles. The number of hydrogen-bond acceptors (Lipinski definition) is 2. The molecule has 0 aromatic heterocycles. The van der Waals surface area contributed by atoms with E-state index in [2.05, 4.69) is 0 Å². The number of nitrogens with zero attached hydrogens (tertiary/aromatic N) is 1. The van der Waals surface area contributed by atoms with Gasteiger partial charge in [-0.15, -0.1) is 0 Å². The molecule has 0 aliphatic carbocycles. The Bertz CT molecular complexity index is 248. The summed E-state index contributed by atoms with van der Waals surface area (Å²) in [6, 6.07) is 0. The Hall–Kier alpha value is -1.29. The highest BCUT2D eigenvalue weighted by Crippen LogP contribution is 2.04. The van der Waals surface area contributed by atoms with E-state index in [4.69, 9.17) is 16.7 Å². The molecule has 0 fully saturated rings. The SMILES string of the molecule is C/C=C\C(Cl)=C/N(C=O)CC(=O)O. The number of amides is 1. The van der Waals surface area contributed by atoms with Gasteiger partial charge in [-0.05, 0) is 13.0 Å². The van der Waals surface area contributed by atoms with Crippen molar-refractivity contribution in [2.75, 3.05) is 6.54 Å². The summed E-state index contributed by atoms with van der Waals surface area (Å²) in [7, 11) is 0. The van der Waals surface area contributed by atoms with Crippen LogP contribution in [-0.4, -0.2) is 28.9 Å². The van der Waals surface area contributed by atoms with Crippen LogP contribution in [0.4, 0.5) is 0 Å². The lowest BCUT2D eigenvalue weighted by molar-refractivity contribution is -0.139. The third kappa shape index (κ3) is 5.93. The van der Waals surface area contributed by atoms with Crippen molar-refractivity contribution in [2.45, 2.75) is 6.92 Å². The number of carbonyl (C=O) groups excluding carboxylic acids is 1. The van der Waals surface area contributed by atoms with Gasteiger partial charge in [0.2, 0.25) is 6.41 Å². The Balaban J connectivity index is 4.33. The minimum atomic E-state index is -1.09. The van der Waals surface area contributed by atoms with Crippen LogP contribution in [0.3, 0.4) is 0 Å². The number of halogens is 1. The molecule has 0 unspecified atom stereocenters. The van der Waals surface area contributed by atoms with Crippen molar-refractivity contribution < 1.29 is 14.7 Å². The predicted octanol–water partition coefficient (Wildman–Crippen LogP) is 1.19. The molecule has 0 saturated heterocycles. The molecule has 0 heterocycles. The summed E-state index contributed by atoms with van der Waals surface area (Å²) < 4.78 is 0. The summed E-state index contributed by atoms with van der Waals surface area (Å²) in [5.41, 5.74) is 0. The Morgan fingerprint density at radius 1 is 1.62 bits per heavy atom. The summed E-state index contributed by atoms with van der Waals surface area (Å²) in [5.74, 6) is -1.09. The molecule has 4 nitrogen and oxygen atoms in total. The van der Waals surface area contributed by atoms with Gasteiger partial charge < -0.3 is 10.0 Å². The van der Waals surface area contributed by atoms with Gasteiger partial charge in [0, 0.05) is 6.20 Å². The zero-order chi connectivity index (χ0) is 10.3. The second kappa shape index (κ2) is 6.25. The molecule has 1 amide bonds. The molecule has 0 aliphatic rings. The first-order chi connectivity index (χ1) is 6.10. The molecule has 0 bridgehead atoms. The molecule has 0 rings (SSSR count). The van der Waals surface area contributed by atoms with Gasteiger partial charge in [-0.25, -0.2) is 0 Å².